The number of halogens is 1. The fourth-order valence-corrected chi connectivity index (χ4v) is 6.13. The average Bonchev–Trinajstić information content (AvgIpc) is 3.37. The molecule has 1 N–H and O–H groups in total. The maximum absolute atomic E-state index is 13.8. The Morgan fingerprint density at radius 2 is 1.21 bits per heavy atom. The zero-order valence-electron chi connectivity index (χ0n) is 23.6. The number of amides is 1. The second kappa shape index (κ2) is 12.2. The van der Waals surface area contributed by atoms with Crippen molar-refractivity contribution < 1.29 is 19.1 Å². The lowest BCUT2D eigenvalue weighted by Gasteiger charge is -2.36. The van der Waals surface area contributed by atoms with Gasteiger partial charge in [0.1, 0.15) is 12.6 Å². The summed E-state index contributed by atoms with van der Waals surface area (Å²) in [7, 11) is 0. The van der Waals surface area contributed by atoms with Crippen molar-refractivity contribution in [1.29, 1.82) is 0 Å². The molecule has 6 heteroatoms. The number of carbonyl (C=O) groups is 2. The maximum Gasteiger partial charge on any atom is 0.407 e. The molecule has 0 aliphatic heterocycles. The van der Waals surface area contributed by atoms with Gasteiger partial charge in [-0.3, -0.25) is 0 Å². The van der Waals surface area contributed by atoms with Crippen LogP contribution in [0.15, 0.2) is 133 Å². The van der Waals surface area contributed by atoms with Crippen LogP contribution in [-0.4, -0.2) is 24.7 Å². The van der Waals surface area contributed by atoms with E-state index in [0.717, 1.165) is 33.4 Å². The van der Waals surface area contributed by atoms with Crippen molar-refractivity contribution in [3.05, 3.63) is 166 Å². The lowest BCUT2D eigenvalue weighted by molar-refractivity contribution is -0.155. The van der Waals surface area contributed by atoms with Crippen molar-refractivity contribution >= 4 is 23.7 Å². The summed E-state index contributed by atoms with van der Waals surface area (Å²) in [6.07, 6.45) is -0.700. The number of nitrogens with one attached hydrogen (secondary N) is 1. The smallest absolute Gasteiger partial charge is 0.407 e. The molecular formula is C37H30ClNO4. The summed E-state index contributed by atoms with van der Waals surface area (Å²) in [5.41, 5.74) is 5.18. The number of hydrogen-bond donors (Lipinski definition) is 1. The topological polar surface area (TPSA) is 64.6 Å². The molecule has 0 unspecified atom stereocenters. The SMILES string of the molecule is C[C@H](NC(=O)OCC1c2ccccc2-c2ccccc21)C(=O)OC(c1ccccc1)(c1ccccc1)c1ccccc1Cl. The molecule has 0 fully saturated rings. The van der Waals surface area contributed by atoms with E-state index < -0.39 is 23.7 Å². The molecule has 0 bridgehead atoms. The van der Waals surface area contributed by atoms with Crippen LogP contribution in [0.4, 0.5) is 4.79 Å². The van der Waals surface area contributed by atoms with Gasteiger partial charge in [0.05, 0.1) is 0 Å². The van der Waals surface area contributed by atoms with Crippen molar-refractivity contribution in [3.8, 4) is 11.1 Å². The van der Waals surface area contributed by atoms with Crippen LogP contribution in [-0.2, 0) is 19.9 Å². The molecule has 0 radical (unpaired) electrons. The second-order valence-electron chi connectivity index (χ2n) is 10.5. The first-order chi connectivity index (χ1) is 21.0. The van der Waals surface area contributed by atoms with Gasteiger partial charge in [-0.05, 0) is 35.2 Å². The molecule has 1 aliphatic carbocycles. The van der Waals surface area contributed by atoms with E-state index in [4.69, 9.17) is 21.1 Å². The number of hydrogen-bond acceptors (Lipinski definition) is 4. The molecule has 0 saturated carbocycles. The Morgan fingerprint density at radius 3 is 1.77 bits per heavy atom. The van der Waals surface area contributed by atoms with Gasteiger partial charge in [0.15, 0.2) is 5.60 Å². The molecule has 0 saturated heterocycles. The summed E-state index contributed by atoms with van der Waals surface area (Å²) in [4.78, 5) is 26.8. The van der Waals surface area contributed by atoms with Crippen LogP contribution in [0, 0.1) is 0 Å². The zero-order valence-corrected chi connectivity index (χ0v) is 24.3. The Hall–Kier alpha value is -4.87. The fourth-order valence-electron chi connectivity index (χ4n) is 5.86. The van der Waals surface area contributed by atoms with E-state index in [0.29, 0.717) is 10.6 Å². The Kier molecular flexibility index (Phi) is 7.99. The van der Waals surface area contributed by atoms with E-state index in [1.54, 1.807) is 13.0 Å². The molecule has 0 aromatic heterocycles. The van der Waals surface area contributed by atoms with Crippen molar-refractivity contribution in [2.24, 2.45) is 0 Å². The normalized spacial score (nSPS) is 13.0. The van der Waals surface area contributed by atoms with Gasteiger partial charge in [0.25, 0.3) is 0 Å². The average molecular weight is 588 g/mol. The predicted octanol–water partition coefficient (Wildman–Crippen LogP) is 8.10. The summed E-state index contributed by atoms with van der Waals surface area (Å²) in [6.45, 7) is 1.72. The molecule has 5 aromatic rings. The molecule has 0 spiro atoms. The Labute approximate surface area is 256 Å². The van der Waals surface area contributed by atoms with Gasteiger partial charge in [0, 0.05) is 27.6 Å². The van der Waals surface area contributed by atoms with Crippen LogP contribution in [0.5, 0.6) is 0 Å². The summed E-state index contributed by atoms with van der Waals surface area (Å²) >= 11 is 6.75. The molecule has 1 aliphatic rings. The van der Waals surface area contributed by atoms with Crippen molar-refractivity contribution in [2.75, 3.05) is 6.61 Å². The van der Waals surface area contributed by atoms with Crippen LogP contribution in [0.1, 0.15) is 40.7 Å². The summed E-state index contributed by atoms with van der Waals surface area (Å²) < 4.78 is 12.1. The second-order valence-corrected chi connectivity index (χ2v) is 10.9. The van der Waals surface area contributed by atoms with Gasteiger partial charge in [-0.1, -0.05) is 139 Å². The first kappa shape index (κ1) is 28.3. The fraction of sp³-hybridized carbons (Fsp3) is 0.135. The highest BCUT2D eigenvalue weighted by molar-refractivity contribution is 6.31. The number of alkyl carbamates (subject to hydrolysis) is 1. The number of rotatable bonds is 8. The summed E-state index contributed by atoms with van der Waals surface area (Å²) in [5.74, 6) is -0.731. The van der Waals surface area contributed by atoms with E-state index in [9.17, 15) is 9.59 Å². The summed E-state index contributed by atoms with van der Waals surface area (Å²) in [6, 6.07) is 41.5. The van der Waals surface area contributed by atoms with Crippen molar-refractivity contribution in [3.63, 3.8) is 0 Å². The third-order valence-corrected chi connectivity index (χ3v) is 8.23. The molecule has 5 nitrogen and oxygen atoms in total. The van der Waals surface area contributed by atoms with Gasteiger partial charge in [-0.25, -0.2) is 9.59 Å². The minimum atomic E-state index is -1.37. The van der Waals surface area contributed by atoms with Gasteiger partial charge in [0.2, 0.25) is 0 Å². The first-order valence-electron chi connectivity index (χ1n) is 14.2. The van der Waals surface area contributed by atoms with E-state index in [1.165, 1.54) is 0 Å². The van der Waals surface area contributed by atoms with Gasteiger partial charge < -0.3 is 14.8 Å². The predicted molar refractivity (Wildman–Crippen MR) is 168 cm³/mol. The Morgan fingerprint density at radius 1 is 0.721 bits per heavy atom. The van der Waals surface area contributed by atoms with Gasteiger partial charge in [-0.2, -0.15) is 0 Å². The zero-order chi connectivity index (χ0) is 29.8. The van der Waals surface area contributed by atoms with E-state index >= 15 is 0 Å². The van der Waals surface area contributed by atoms with Crippen LogP contribution < -0.4 is 5.32 Å². The molecule has 5 aromatic carbocycles. The summed E-state index contributed by atoms with van der Waals surface area (Å²) in [5, 5.41) is 3.12. The quantitative estimate of drug-likeness (QED) is 0.147. The third kappa shape index (κ3) is 5.40. The number of fused-ring (bicyclic) bond motifs is 3. The molecule has 214 valence electrons. The van der Waals surface area contributed by atoms with E-state index in [-0.39, 0.29) is 12.5 Å². The maximum atomic E-state index is 13.8. The van der Waals surface area contributed by atoms with Crippen LogP contribution in [0.25, 0.3) is 11.1 Å². The van der Waals surface area contributed by atoms with Crippen molar-refractivity contribution in [1.82, 2.24) is 5.32 Å². The van der Waals surface area contributed by atoms with Crippen LogP contribution >= 0.6 is 11.6 Å². The third-order valence-electron chi connectivity index (χ3n) is 7.90. The number of ether oxygens (including phenoxy) is 2. The Bertz CT molecular complexity index is 1670. The van der Waals surface area contributed by atoms with E-state index in [1.807, 2.05) is 103 Å². The first-order valence-corrected chi connectivity index (χ1v) is 14.6. The highest BCUT2D eigenvalue weighted by Crippen LogP contribution is 2.45. The molecule has 43 heavy (non-hydrogen) atoms. The minimum Gasteiger partial charge on any atom is -0.449 e. The number of carbonyl (C=O) groups excluding carboxylic acids is 2. The largest absolute Gasteiger partial charge is 0.449 e. The molecule has 1 amide bonds. The minimum absolute atomic E-state index is 0.0931. The monoisotopic (exact) mass is 587 g/mol. The molecule has 6 rings (SSSR count). The van der Waals surface area contributed by atoms with Crippen molar-refractivity contribution in [2.45, 2.75) is 24.5 Å². The highest BCUT2D eigenvalue weighted by Gasteiger charge is 2.43. The molecule has 1 atom stereocenters. The Balaban J connectivity index is 1.24. The van der Waals surface area contributed by atoms with Gasteiger partial charge in [-0.15, -0.1) is 0 Å². The molecular weight excluding hydrogens is 558 g/mol. The highest BCUT2D eigenvalue weighted by atomic mass is 35.5. The number of esters is 1. The lowest BCUT2D eigenvalue weighted by atomic mass is 9.80. The van der Waals surface area contributed by atoms with Crippen LogP contribution in [0.3, 0.4) is 0 Å². The van der Waals surface area contributed by atoms with Gasteiger partial charge >= 0.3 is 12.1 Å². The number of benzene rings is 5. The lowest BCUT2D eigenvalue weighted by Crippen LogP contribution is -2.45. The van der Waals surface area contributed by atoms with Crippen LogP contribution in [0.2, 0.25) is 5.02 Å². The molecule has 0 heterocycles. The van der Waals surface area contributed by atoms with E-state index in [2.05, 4.69) is 29.6 Å². The standard InChI is InChI=1S/C37H30ClNO4/c1-25(39-36(41)42-24-32-30-20-10-8-18-28(30)29-19-9-11-21-31(29)32)35(40)43-37(26-14-4-2-5-15-26,27-16-6-3-7-17-27)33-22-12-13-23-34(33)38/h2-23,25,32H,24H2,1H3,(H,39,41)/t25-/m0/s1.